The molecule has 10 bridgehead atoms. The molecule has 1 saturated carbocycles. The minimum Gasteiger partial charge on any atom is -0.483 e. The van der Waals surface area contributed by atoms with Gasteiger partial charge in [0.2, 0.25) is 17.7 Å². The summed E-state index contributed by atoms with van der Waals surface area (Å²) in [5.41, 5.74) is 3.31. The molecule has 1 aromatic carbocycles. The van der Waals surface area contributed by atoms with Crippen LogP contribution in [0.3, 0.4) is 0 Å². The van der Waals surface area contributed by atoms with Crippen molar-refractivity contribution in [3.8, 4) is 43.4 Å². The zero-order chi connectivity index (χ0) is 61.9. The Bertz CT molecular complexity index is 3810. The van der Waals surface area contributed by atoms with E-state index in [4.69, 9.17) is 49.5 Å². The normalized spacial score (nSPS) is 16.7. The number of amides is 6. The van der Waals surface area contributed by atoms with Crippen LogP contribution in [0.2, 0.25) is 0 Å². The Balaban J connectivity index is 0.00000295. The fraction of sp³-hybridized carbons (Fsp3) is 0.351. The van der Waals surface area contributed by atoms with Crippen molar-refractivity contribution in [3.63, 3.8) is 0 Å². The molecule has 1 aliphatic carbocycles. The Labute approximate surface area is 522 Å². The van der Waals surface area contributed by atoms with E-state index in [0.29, 0.717) is 87.4 Å². The summed E-state index contributed by atoms with van der Waals surface area (Å²) < 4.78 is 5.47. The second-order valence-corrected chi connectivity index (χ2v) is 26.1. The van der Waals surface area contributed by atoms with Crippen molar-refractivity contribution in [2.75, 3.05) is 32.1 Å². The number of nitrogens with zero attached hydrogens (tertiary/aromatic N) is 8. The predicted molar refractivity (Wildman–Crippen MR) is 331 cm³/mol. The Morgan fingerprint density at radius 2 is 1.41 bits per heavy atom. The van der Waals surface area contributed by atoms with Crippen LogP contribution >= 0.6 is 68.0 Å². The van der Waals surface area contributed by atoms with Gasteiger partial charge in [-0.1, -0.05) is 63.4 Å². The maximum Gasteiger partial charge on any atom is 0.323 e. The summed E-state index contributed by atoms with van der Waals surface area (Å²) in [6, 6.07) is 10.8. The van der Waals surface area contributed by atoms with E-state index in [1.807, 2.05) is 54.9 Å². The third-order valence-corrected chi connectivity index (χ3v) is 19.6. The van der Waals surface area contributed by atoms with E-state index in [9.17, 15) is 38.7 Å². The minimum absolute atomic E-state index is 0.0306. The van der Waals surface area contributed by atoms with Gasteiger partial charge in [0.15, 0.2) is 0 Å². The van der Waals surface area contributed by atoms with Crippen LogP contribution in [-0.2, 0) is 41.7 Å². The lowest BCUT2D eigenvalue weighted by Crippen LogP contribution is -2.40. The number of aromatic nitrogens is 7. The Morgan fingerprint density at radius 3 is 2.14 bits per heavy atom. The molecule has 7 aromatic heterocycles. The van der Waals surface area contributed by atoms with Crippen molar-refractivity contribution in [2.45, 2.75) is 90.4 Å². The number of hydrogen-bond donors (Lipinski definition) is 7. The van der Waals surface area contributed by atoms with Crippen LogP contribution in [0.1, 0.15) is 132 Å². The molecule has 8 aromatic rings. The van der Waals surface area contributed by atoms with Crippen LogP contribution < -0.4 is 31.5 Å². The number of carboxylic acid groups (broad SMARTS) is 2. The number of methoxy groups -OCH3 is 1. The summed E-state index contributed by atoms with van der Waals surface area (Å²) >= 11 is 7.38. The minimum atomic E-state index is -1.17. The smallest absolute Gasteiger partial charge is 0.323 e. The van der Waals surface area contributed by atoms with E-state index in [2.05, 4.69) is 26.6 Å². The maximum absolute atomic E-state index is 14.3. The fourth-order valence-electron chi connectivity index (χ4n) is 9.65. The highest BCUT2D eigenvalue weighted by atomic mass is 32.1. The molecule has 87 heavy (non-hydrogen) atoms. The lowest BCUT2D eigenvalue weighted by molar-refractivity contribution is -0.137. The SMILES string of the molecule is CNC(=O)C[C@@H]1NC(=O)c2csc(n2)-c2ccc(-c3nc(N(CC(=O)O)C(=O)C4CCCCC4)cs3)nc2-c2csc(n2)-c2csc(n2)[C@H](Cc2ccccc2)NC(=O)CNC(=O)c2nc(sc2COC)C(C(C)C)NC(=O)c2nc1sc2C.O=CO. The van der Waals surface area contributed by atoms with Gasteiger partial charge < -0.3 is 41.5 Å². The number of fused-ring (bicyclic) bond motifs is 14. The Hall–Kier alpha value is -8.13. The standard InChI is InChI=1S/C56H57N13O9S6.CH2O2/c1-27(2)43-55-68-46(38(84-55)22-78-5)48(75)58-20-41(71)59-33(18-29-12-8-6-9-13-29)52-64-37(25-81-52)53-62-35(23-80-53)45-31(16-17-32(60-45)51-65-39(26-82-51)69(21-42(72)73)56(77)30-14-10-7-11-15-30)50-63-36(24-79-50)47(74)61-34(19-40(70)57-4)54-67-44(28(3)83-54)49(76)66-43;2-1-3/h6,8-9,12-13,16-17,23-27,30,33-34,43H,7,10-11,14-15,18-22H2,1-5H3,(H,57,70)(H,58,75)(H,59,71)(H,61,74)(H,66,76)(H,72,73);1H,(H,2,3)/t33-,34-,43?;/m0./s1. The quantitative estimate of drug-likeness (QED) is 0.0563. The number of benzene rings is 1. The van der Waals surface area contributed by atoms with Gasteiger partial charge in [-0.3, -0.25) is 43.3 Å². The highest BCUT2D eigenvalue weighted by molar-refractivity contribution is 7.15. The van der Waals surface area contributed by atoms with Crippen molar-refractivity contribution in [3.05, 3.63) is 111 Å². The monoisotopic (exact) mass is 1290 g/mol. The summed E-state index contributed by atoms with van der Waals surface area (Å²) in [5.74, 6) is -4.41. The topological polar surface area (TPSA) is 340 Å². The lowest BCUT2D eigenvalue weighted by atomic mass is 9.88. The van der Waals surface area contributed by atoms with Gasteiger partial charge in [0.1, 0.15) is 76.6 Å². The number of aryl methyl sites for hydroxylation is 1. The molecule has 0 spiro atoms. The molecule has 6 amide bonds. The van der Waals surface area contributed by atoms with Gasteiger partial charge in [0.05, 0.1) is 48.3 Å². The largest absolute Gasteiger partial charge is 0.483 e. The second-order valence-electron chi connectivity index (χ2n) is 20.3. The molecule has 454 valence electrons. The van der Waals surface area contributed by atoms with Crippen LogP contribution in [0, 0.1) is 18.8 Å². The molecule has 1 fully saturated rings. The van der Waals surface area contributed by atoms with Crippen LogP contribution in [0.5, 0.6) is 0 Å². The van der Waals surface area contributed by atoms with Gasteiger partial charge >= 0.3 is 5.97 Å². The number of carbonyl (C=O) groups is 8. The Morgan fingerprint density at radius 1 is 0.724 bits per heavy atom. The lowest BCUT2D eigenvalue weighted by Gasteiger charge is -2.26. The number of aliphatic carboxylic acids is 1. The van der Waals surface area contributed by atoms with E-state index >= 15 is 0 Å². The third kappa shape index (κ3) is 15.4. The van der Waals surface area contributed by atoms with Gasteiger partial charge in [0.25, 0.3) is 24.2 Å². The molecule has 2 aliphatic rings. The van der Waals surface area contributed by atoms with Crippen molar-refractivity contribution in [1.82, 2.24) is 61.5 Å². The summed E-state index contributed by atoms with van der Waals surface area (Å²) in [6.07, 6.45) is 4.31. The number of rotatable bonds is 12. The van der Waals surface area contributed by atoms with Crippen LogP contribution in [-0.4, -0.2) is 120 Å². The molecular weight excluding hydrogens is 1240 g/mol. The summed E-state index contributed by atoms with van der Waals surface area (Å²) in [6.45, 7) is 4.35. The number of carboxylic acids is 1. The highest BCUT2D eigenvalue weighted by Crippen LogP contribution is 2.40. The number of hydrogen-bond acceptors (Lipinski definition) is 22. The number of ether oxygens (including phenoxy) is 1. The summed E-state index contributed by atoms with van der Waals surface area (Å²) in [4.78, 5) is 140. The fourth-order valence-corrected chi connectivity index (χ4v) is 15.2. The van der Waals surface area contributed by atoms with E-state index in [1.54, 1.807) is 29.8 Å². The summed E-state index contributed by atoms with van der Waals surface area (Å²) in [5, 5.41) is 40.8. The van der Waals surface area contributed by atoms with Crippen LogP contribution in [0.25, 0.3) is 43.4 Å². The van der Waals surface area contributed by atoms with Gasteiger partial charge in [-0.25, -0.2) is 34.9 Å². The zero-order valence-corrected chi connectivity index (χ0v) is 52.4. The number of nitrogens with one attached hydrogen (secondary N) is 5. The summed E-state index contributed by atoms with van der Waals surface area (Å²) in [7, 11) is 2.97. The first-order valence-electron chi connectivity index (χ1n) is 27.3. The van der Waals surface area contributed by atoms with E-state index in [0.717, 1.165) is 36.2 Å². The molecule has 10 rings (SSSR count). The van der Waals surface area contributed by atoms with Gasteiger partial charge in [-0.05, 0) is 49.8 Å². The number of anilines is 1. The molecule has 3 atom stereocenters. The van der Waals surface area contributed by atoms with Gasteiger partial charge in [0, 0.05) is 52.0 Å². The molecule has 0 radical (unpaired) electrons. The molecule has 30 heteroatoms. The maximum atomic E-state index is 14.3. The molecule has 7 N–H and O–H groups in total. The van der Waals surface area contributed by atoms with Crippen molar-refractivity contribution in [2.24, 2.45) is 11.8 Å². The zero-order valence-electron chi connectivity index (χ0n) is 47.5. The Kier molecular flexibility index (Phi) is 21.2. The average Bonchev–Trinajstić information content (AvgIpc) is 2.45. The number of pyridine rings is 1. The van der Waals surface area contributed by atoms with Crippen molar-refractivity contribution in [1.29, 1.82) is 0 Å². The second kappa shape index (κ2) is 29.0. The predicted octanol–water partition coefficient (Wildman–Crippen LogP) is 8.52. The first-order chi connectivity index (χ1) is 41.9. The average molecular weight is 1290 g/mol. The van der Waals surface area contributed by atoms with Gasteiger partial charge in [-0.15, -0.1) is 68.0 Å². The highest BCUT2D eigenvalue weighted by Gasteiger charge is 2.33. The molecule has 1 aliphatic heterocycles. The number of thiazole rings is 6. The van der Waals surface area contributed by atoms with Crippen LogP contribution in [0.4, 0.5) is 5.82 Å². The molecular formula is C57H59N13O11S6. The van der Waals surface area contributed by atoms with E-state index in [1.165, 1.54) is 75.7 Å². The molecule has 1 unspecified atom stereocenters. The first-order valence-corrected chi connectivity index (χ1v) is 32.5. The third-order valence-electron chi connectivity index (χ3n) is 13.9. The van der Waals surface area contributed by atoms with Crippen molar-refractivity contribution >= 4 is 122 Å². The van der Waals surface area contributed by atoms with Crippen molar-refractivity contribution < 1.29 is 53.3 Å². The molecule has 8 heterocycles. The molecule has 24 nitrogen and oxygen atoms in total. The van der Waals surface area contributed by atoms with Crippen LogP contribution in [0.15, 0.2) is 64.0 Å². The van der Waals surface area contributed by atoms with E-state index in [-0.39, 0.29) is 60.1 Å². The van der Waals surface area contributed by atoms with E-state index < -0.39 is 66.7 Å². The van der Waals surface area contributed by atoms with Gasteiger partial charge in [-0.2, -0.15) is 0 Å². The molecule has 0 saturated heterocycles. The first kappa shape index (κ1) is 63.4. The number of carbonyl (C=O) groups excluding carboxylic acids is 6.